The number of β-amino-alcohol motifs (C(OH)–C–C–N with tert-alkyl or cyclic N) is 1. The van der Waals surface area contributed by atoms with Gasteiger partial charge in [-0.25, -0.2) is 4.39 Å². The second kappa shape index (κ2) is 7.59. The molecule has 1 aliphatic rings. The topological polar surface area (TPSA) is 52.6 Å². The Hall–Kier alpha value is -0.880. The summed E-state index contributed by atoms with van der Waals surface area (Å²) < 4.78 is 13.5. The molecule has 0 spiro atoms. The molecular weight excluding hydrogens is 330 g/mol. The van der Waals surface area contributed by atoms with Gasteiger partial charge in [-0.15, -0.1) is 0 Å². The van der Waals surface area contributed by atoms with Gasteiger partial charge in [0.1, 0.15) is 5.82 Å². The van der Waals surface area contributed by atoms with Crippen LogP contribution in [0.15, 0.2) is 12.1 Å². The number of halogens is 3. The second-order valence-electron chi connectivity index (χ2n) is 5.51. The van der Waals surface area contributed by atoms with Crippen molar-refractivity contribution < 1.29 is 14.3 Å². The molecule has 1 amide bonds. The predicted molar refractivity (Wildman–Crippen MR) is 84.7 cm³/mol. The van der Waals surface area contributed by atoms with Gasteiger partial charge in [-0.2, -0.15) is 0 Å². The third-order valence-electron chi connectivity index (χ3n) is 3.77. The van der Waals surface area contributed by atoms with Crippen molar-refractivity contribution in [2.24, 2.45) is 0 Å². The molecule has 7 heteroatoms. The first kappa shape index (κ1) is 17.5. The van der Waals surface area contributed by atoms with Crippen LogP contribution in [0.1, 0.15) is 31.4 Å². The van der Waals surface area contributed by atoms with Gasteiger partial charge in [0.25, 0.3) is 0 Å². The van der Waals surface area contributed by atoms with Gasteiger partial charge in [-0.3, -0.25) is 4.79 Å². The Balaban J connectivity index is 1.88. The van der Waals surface area contributed by atoms with E-state index in [-0.39, 0.29) is 23.5 Å². The molecule has 1 fully saturated rings. The molecule has 1 aliphatic heterocycles. The number of aliphatic hydroxyl groups excluding tert-OH is 1. The number of amides is 1. The summed E-state index contributed by atoms with van der Waals surface area (Å²) in [6.45, 7) is 3.11. The Bertz CT molecular complexity index is 557. The van der Waals surface area contributed by atoms with Crippen LogP contribution in [0.3, 0.4) is 0 Å². The van der Waals surface area contributed by atoms with E-state index in [1.54, 1.807) is 4.90 Å². The minimum Gasteiger partial charge on any atom is -0.390 e. The Morgan fingerprint density at radius 1 is 1.41 bits per heavy atom. The van der Waals surface area contributed by atoms with Crippen LogP contribution < -0.4 is 5.32 Å². The largest absolute Gasteiger partial charge is 0.390 e. The minimum atomic E-state index is -0.680. The van der Waals surface area contributed by atoms with Gasteiger partial charge in [0.05, 0.1) is 11.1 Å². The number of likely N-dealkylation sites (tertiary alicyclic amines) is 1. The van der Waals surface area contributed by atoms with E-state index < -0.39 is 11.9 Å². The van der Waals surface area contributed by atoms with Gasteiger partial charge in [0.15, 0.2) is 0 Å². The molecular formula is C15H19Cl2FN2O2. The number of hydrogen-bond donors (Lipinski definition) is 2. The lowest BCUT2D eigenvalue weighted by Crippen LogP contribution is -2.39. The third-order valence-corrected chi connectivity index (χ3v) is 4.39. The standard InChI is InChI=1S/C15H19Cl2FN2O2/c1-9(11-5-14(18)13(17)6-12(11)16)19-7-10(21)8-20-4-2-3-15(20)22/h5-6,9-10,19,21H,2-4,7-8H2,1H3/t9-,10+/m1/s1. The van der Waals surface area contributed by atoms with Gasteiger partial charge in [-0.05, 0) is 31.0 Å². The maximum Gasteiger partial charge on any atom is 0.222 e. The van der Waals surface area contributed by atoms with Gasteiger partial charge in [-0.1, -0.05) is 23.2 Å². The summed E-state index contributed by atoms with van der Waals surface area (Å²) in [6, 6.07) is 2.41. The van der Waals surface area contributed by atoms with Crippen molar-refractivity contribution in [2.75, 3.05) is 19.6 Å². The maximum atomic E-state index is 13.5. The highest BCUT2D eigenvalue weighted by Gasteiger charge is 2.23. The number of aliphatic hydroxyl groups is 1. The van der Waals surface area contributed by atoms with Gasteiger partial charge in [0, 0.05) is 37.1 Å². The van der Waals surface area contributed by atoms with E-state index in [1.807, 2.05) is 6.92 Å². The molecule has 2 rings (SSSR count). The summed E-state index contributed by atoms with van der Waals surface area (Å²) in [6.07, 6.45) is 0.714. The molecule has 22 heavy (non-hydrogen) atoms. The zero-order valence-electron chi connectivity index (χ0n) is 12.3. The summed E-state index contributed by atoms with van der Waals surface area (Å²) in [7, 11) is 0. The highest BCUT2D eigenvalue weighted by molar-refractivity contribution is 6.35. The van der Waals surface area contributed by atoms with E-state index in [4.69, 9.17) is 23.2 Å². The number of carbonyl (C=O) groups excluding carboxylic acids is 1. The van der Waals surface area contributed by atoms with E-state index in [9.17, 15) is 14.3 Å². The molecule has 122 valence electrons. The molecule has 0 unspecified atom stereocenters. The quantitative estimate of drug-likeness (QED) is 0.777. The van der Waals surface area contributed by atoms with Crippen molar-refractivity contribution in [3.05, 3.63) is 33.6 Å². The van der Waals surface area contributed by atoms with E-state index in [2.05, 4.69) is 5.32 Å². The SMILES string of the molecule is C[C@@H](NC[C@H](O)CN1CCCC1=O)c1cc(F)c(Cl)cc1Cl. The van der Waals surface area contributed by atoms with Crippen molar-refractivity contribution in [2.45, 2.75) is 31.9 Å². The number of rotatable bonds is 6. The normalized spacial score (nSPS) is 17.9. The Morgan fingerprint density at radius 2 is 2.14 bits per heavy atom. The van der Waals surface area contributed by atoms with Crippen LogP contribution in [0.2, 0.25) is 10.0 Å². The molecule has 1 aromatic carbocycles. The van der Waals surface area contributed by atoms with Crippen molar-refractivity contribution >= 4 is 29.1 Å². The highest BCUT2D eigenvalue weighted by Crippen LogP contribution is 2.28. The fourth-order valence-corrected chi connectivity index (χ4v) is 3.06. The summed E-state index contributed by atoms with van der Waals surface area (Å²) in [5.41, 5.74) is 0.577. The summed E-state index contributed by atoms with van der Waals surface area (Å²) >= 11 is 11.7. The zero-order chi connectivity index (χ0) is 16.3. The number of benzene rings is 1. The molecule has 0 saturated carbocycles. The molecule has 2 N–H and O–H groups in total. The lowest BCUT2D eigenvalue weighted by molar-refractivity contribution is -0.128. The average Bonchev–Trinajstić information content (AvgIpc) is 2.85. The fourth-order valence-electron chi connectivity index (χ4n) is 2.51. The number of nitrogens with zero attached hydrogens (tertiary/aromatic N) is 1. The summed E-state index contributed by atoms with van der Waals surface area (Å²) in [5.74, 6) is -0.451. The molecule has 1 heterocycles. The van der Waals surface area contributed by atoms with Gasteiger partial charge >= 0.3 is 0 Å². The van der Waals surface area contributed by atoms with Crippen molar-refractivity contribution in [3.8, 4) is 0 Å². The number of nitrogens with one attached hydrogen (secondary N) is 1. The summed E-state index contributed by atoms with van der Waals surface area (Å²) in [4.78, 5) is 13.2. The van der Waals surface area contributed by atoms with E-state index in [0.29, 0.717) is 30.1 Å². The lowest BCUT2D eigenvalue weighted by Gasteiger charge is -2.22. The first-order valence-corrected chi connectivity index (χ1v) is 7.97. The molecule has 0 bridgehead atoms. The van der Waals surface area contributed by atoms with Crippen molar-refractivity contribution in [1.82, 2.24) is 10.2 Å². The molecule has 2 atom stereocenters. The van der Waals surface area contributed by atoms with Gasteiger partial charge in [0.2, 0.25) is 5.91 Å². The molecule has 0 aromatic heterocycles. The number of carbonyl (C=O) groups is 1. The number of hydrogen-bond acceptors (Lipinski definition) is 3. The van der Waals surface area contributed by atoms with Crippen LogP contribution in [0.25, 0.3) is 0 Å². The first-order valence-electron chi connectivity index (χ1n) is 7.22. The Morgan fingerprint density at radius 3 is 2.77 bits per heavy atom. The van der Waals surface area contributed by atoms with E-state index in [1.165, 1.54) is 12.1 Å². The van der Waals surface area contributed by atoms with Gasteiger partial charge < -0.3 is 15.3 Å². The molecule has 4 nitrogen and oxygen atoms in total. The average molecular weight is 349 g/mol. The van der Waals surface area contributed by atoms with Crippen molar-refractivity contribution in [1.29, 1.82) is 0 Å². The zero-order valence-corrected chi connectivity index (χ0v) is 13.8. The van der Waals surface area contributed by atoms with Crippen LogP contribution >= 0.6 is 23.2 Å². The highest BCUT2D eigenvalue weighted by atomic mass is 35.5. The van der Waals surface area contributed by atoms with Crippen LogP contribution in [-0.4, -0.2) is 41.7 Å². The van der Waals surface area contributed by atoms with Crippen molar-refractivity contribution in [3.63, 3.8) is 0 Å². The summed E-state index contributed by atoms with van der Waals surface area (Å²) in [5, 5.41) is 13.5. The van der Waals surface area contributed by atoms with Crippen LogP contribution in [0.4, 0.5) is 4.39 Å². The smallest absolute Gasteiger partial charge is 0.222 e. The molecule has 1 aromatic rings. The monoisotopic (exact) mass is 348 g/mol. The fraction of sp³-hybridized carbons (Fsp3) is 0.533. The second-order valence-corrected chi connectivity index (χ2v) is 6.33. The molecule has 1 saturated heterocycles. The lowest BCUT2D eigenvalue weighted by atomic mass is 10.1. The molecule has 0 aliphatic carbocycles. The van der Waals surface area contributed by atoms with E-state index >= 15 is 0 Å². The Labute approximate surface area is 139 Å². The Kier molecular flexibility index (Phi) is 6.03. The van der Waals surface area contributed by atoms with Crippen LogP contribution in [-0.2, 0) is 4.79 Å². The van der Waals surface area contributed by atoms with Crippen LogP contribution in [0.5, 0.6) is 0 Å². The molecule has 0 radical (unpaired) electrons. The third kappa shape index (κ3) is 4.32. The minimum absolute atomic E-state index is 0.0199. The first-order chi connectivity index (χ1) is 10.4. The van der Waals surface area contributed by atoms with E-state index in [0.717, 1.165) is 6.42 Å². The maximum absolute atomic E-state index is 13.5. The predicted octanol–water partition coefficient (Wildman–Crippen LogP) is 2.77. The van der Waals surface area contributed by atoms with Crippen LogP contribution in [0, 0.1) is 5.82 Å².